The summed E-state index contributed by atoms with van der Waals surface area (Å²) in [6.07, 6.45) is 3.97. The van der Waals surface area contributed by atoms with Gasteiger partial charge in [-0.2, -0.15) is 0 Å². The van der Waals surface area contributed by atoms with Crippen LogP contribution in [0.4, 0.5) is 5.69 Å². The highest BCUT2D eigenvalue weighted by molar-refractivity contribution is 14.1. The largest absolute Gasteiger partial charge is 0.322 e. The summed E-state index contributed by atoms with van der Waals surface area (Å²) in [5.41, 5.74) is 4.26. The fraction of sp³-hybridized carbons (Fsp3) is 0. The first kappa shape index (κ1) is 15.8. The number of nitrogens with one attached hydrogen (secondary N) is 1. The Morgan fingerprint density at radius 1 is 0.960 bits per heavy atom. The number of anilines is 1. The van der Waals surface area contributed by atoms with E-state index < -0.39 is 0 Å². The van der Waals surface area contributed by atoms with Gasteiger partial charge in [-0.15, -0.1) is 0 Å². The number of amides is 1. The van der Waals surface area contributed by atoms with E-state index in [1.165, 1.54) is 0 Å². The normalized spacial score (nSPS) is 10.8. The minimum absolute atomic E-state index is 0.106. The average Bonchev–Trinajstić information content (AvgIpc) is 3.07. The molecule has 4 aromatic rings. The number of carbonyl (C=O) groups excluding carboxylic acids is 1. The van der Waals surface area contributed by atoms with Crippen molar-refractivity contribution in [1.29, 1.82) is 0 Å². The zero-order chi connectivity index (χ0) is 17.2. The SMILES string of the molecule is O=C(Nc1ccc(-c2cn3ccccc3n2)cc1)c1ccccc1I. The first-order valence-electron chi connectivity index (χ1n) is 7.81. The van der Waals surface area contributed by atoms with Crippen LogP contribution in [0.25, 0.3) is 16.9 Å². The van der Waals surface area contributed by atoms with Gasteiger partial charge in [0.1, 0.15) is 5.65 Å². The molecule has 122 valence electrons. The molecule has 0 unspecified atom stereocenters. The zero-order valence-corrected chi connectivity index (χ0v) is 15.3. The summed E-state index contributed by atoms with van der Waals surface area (Å²) < 4.78 is 2.92. The Morgan fingerprint density at radius 2 is 1.72 bits per heavy atom. The highest BCUT2D eigenvalue weighted by atomic mass is 127. The van der Waals surface area contributed by atoms with Crippen molar-refractivity contribution in [2.75, 3.05) is 5.32 Å². The first-order valence-corrected chi connectivity index (χ1v) is 8.89. The highest BCUT2D eigenvalue weighted by Crippen LogP contribution is 2.22. The van der Waals surface area contributed by atoms with Crippen LogP contribution in [-0.2, 0) is 0 Å². The van der Waals surface area contributed by atoms with Crippen molar-refractivity contribution in [3.63, 3.8) is 0 Å². The maximum atomic E-state index is 12.4. The van der Waals surface area contributed by atoms with Crippen molar-refractivity contribution >= 4 is 39.8 Å². The van der Waals surface area contributed by atoms with Gasteiger partial charge in [-0.3, -0.25) is 4.79 Å². The topological polar surface area (TPSA) is 46.4 Å². The van der Waals surface area contributed by atoms with Gasteiger partial charge < -0.3 is 9.72 Å². The average molecular weight is 439 g/mol. The minimum atomic E-state index is -0.106. The molecule has 0 saturated heterocycles. The molecule has 25 heavy (non-hydrogen) atoms. The molecular weight excluding hydrogens is 425 g/mol. The molecule has 1 amide bonds. The zero-order valence-electron chi connectivity index (χ0n) is 13.2. The molecule has 0 aliphatic heterocycles. The number of hydrogen-bond donors (Lipinski definition) is 1. The van der Waals surface area contributed by atoms with Gasteiger partial charge in [0, 0.05) is 27.2 Å². The van der Waals surface area contributed by atoms with E-state index in [-0.39, 0.29) is 5.91 Å². The third kappa shape index (κ3) is 3.28. The number of rotatable bonds is 3. The van der Waals surface area contributed by atoms with Crippen molar-refractivity contribution in [3.05, 3.63) is 88.3 Å². The van der Waals surface area contributed by atoms with Gasteiger partial charge in [0.2, 0.25) is 0 Å². The lowest BCUT2D eigenvalue weighted by Crippen LogP contribution is -2.13. The van der Waals surface area contributed by atoms with E-state index in [9.17, 15) is 4.79 Å². The van der Waals surface area contributed by atoms with Crippen molar-refractivity contribution in [2.24, 2.45) is 0 Å². The summed E-state index contributed by atoms with van der Waals surface area (Å²) in [5.74, 6) is -0.106. The van der Waals surface area contributed by atoms with Crippen LogP contribution in [-0.4, -0.2) is 15.3 Å². The second-order valence-electron chi connectivity index (χ2n) is 5.60. The molecule has 0 bridgehead atoms. The number of benzene rings is 2. The molecule has 0 spiro atoms. The summed E-state index contributed by atoms with van der Waals surface area (Å²) in [6, 6.07) is 21.2. The maximum Gasteiger partial charge on any atom is 0.256 e. The Bertz CT molecular complexity index is 1020. The maximum absolute atomic E-state index is 12.4. The van der Waals surface area contributed by atoms with Crippen LogP contribution in [0.1, 0.15) is 10.4 Å². The van der Waals surface area contributed by atoms with Crippen LogP contribution in [0.3, 0.4) is 0 Å². The van der Waals surface area contributed by atoms with Crippen LogP contribution in [0, 0.1) is 3.57 Å². The molecule has 0 radical (unpaired) electrons. The fourth-order valence-corrected chi connectivity index (χ4v) is 3.27. The van der Waals surface area contributed by atoms with Gasteiger partial charge in [-0.1, -0.05) is 30.3 Å². The predicted octanol–water partition coefficient (Wildman–Crippen LogP) is 4.86. The molecule has 5 heteroatoms. The summed E-state index contributed by atoms with van der Waals surface area (Å²) in [7, 11) is 0. The Kier molecular flexibility index (Phi) is 4.23. The van der Waals surface area contributed by atoms with Crippen LogP contribution in [0.5, 0.6) is 0 Å². The van der Waals surface area contributed by atoms with Gasteiger partial charge in [0.25, 0.3) is 5.91 Å². The van der Waals surface area contributed by atoms with Gasteiger partial charge in [-0.25, -0.2) is 4.98 Å². The number of hydrogen-bond acceptors (Lipinski definition) is 2. The van der Waals surface area contributed by atoms with Gasteiger partial charge in [0.15, 0.2) is 0 Å². The molecule has 0 aliphatic carbocycles. The number of halogens is 1. The van der Waals surface area contributed by atoms with Gasteiger partial charge in [0.05, 0.1) is 11.3 Å². The lowest BCUT2D eigenvalue weighted by molar-refractivity contribution is 0.102. The third-order valence-electron chi connectivity index (χ3n) is 3.92. The highest BCUT2D eigenvalue weighted by Gasteiger charge is 2.10. The molecule has 0 atom stereocenters. The second-order valence-corrected chi connectivity index (χ2v) is 6.77. The molecule has 2 heterocycles. The van der Waals surface area contributed by atoms with E-state index in [4.69, 9.17) is 0 Å². The monoisotopic (exact) mass is 439 g/mol. The van der Waals surface area contributed by atoms with E-state index in [1.807, 2.05) is 83.5 Å². The van der Waals surface area contributed by atoms with Gasteiger partial charge >= 0.3 is 0 Å². The van der Waals surface area contributed by atoms with E-state index in [1.54, 1.807) is 0 Å². The Morgan fingerprint density at radius 3 is 2.48 bits per heavy atom. The van der Waals surface area contributed by atoms with Crippen LogP contribution < -0.4 is 5.32 Å². The van der Waals surface area contributed by atoms with E-state index >= 15 is 0 Å². The third-order valence-corrected chi connectivity index (χ3v) is 4.86. The summed E-state index contributed by atoms with van der Waals surface area (Å²) >= 11 is 2.17. The van der Waals surface area contributed by atoms with E-state index in [0.717, 1.165) is 26.2 Å². The number of nitrogens with zero attached hydrogens (tertiary/aromatic N) is 2. The molecule has 0 aliphatic rings. The Balaban J connectivity index is 1.56. The number of fused-ring (bicyclic) bond motifs is 1. The summed E-state index contributed by atoms with van der Waals surface area (Å²) in [5, 5.41) is 2.93. The molecule has 4 rings (SSSR count). The first-order chi connectivity index (χ1) is 12.2. The van der Waals surface area contributed by atoms with Crippen LogP contribution in [0.15, 0.2) is 79.1 Å². The van der Waals surface area contributed by atoms with Gasteiger partial charge in [-0.05, 0) is 59.0 Å². The van der Waals surface area contributed by atoms with Crippen LogP contribution >= 0.6 is 22.6 Å². The number of pyridine rings is 1. The van der Waals surface area contributed by atoms with E-state index in [2.05, 4.69) is 32.9 Å². The Labute approximate surface area is 158 Å². The molecule has 2 aromatic heterocycles. The number of imidazole rings is 1. The standard InChI is InChI=1S/C20H14IN3O/c21-17-6-2-1-5-16(17)20(25)22-15-10-8-14(9-11-15)18-13-24-12-4-3-7-19(24)23-18/h1-13H,(H,22,25). The molecular formula is C20H14IN3O. The number of carbonyl (C=O) groups is 1. The summed E-state index contributed by atoms with van der Waals surface area (Å²) in [6.45, 7) is 0. The van der Waals surface area contributed by atoms with Crippen LogP contribution in [0.2, 0.25) is 0 Å². The lowest BCUT2D eigenvalue weighted by atomic mass is 10.1. The Hall–Kier alpha value is -2.67. The molecule has 1 N–H and O–H groups in total. The molecule has 0 fully saturated rings. The van der Waals surface area contributed by atoms with E-state index in [0.29, 0.717) is 5.56 Å². The van der Waals surface area contributed by atoms with Crippen molar-refractivity contribution in [2.45, 2.75) is 0 Å². The number of aromatic nitrogens is 2. The minimum Gasteiger partial charge on any atom is -0.322 e. The fourth-order valence-electron chi connectivity index (χ4n) is 2.64. The molecule has 2 aromatic carbocycles. The summed E-state index contributed by atoms with van der Waals surface area (Å²) in [4.78, 5) is 17.0. The lowest BCUT2D eigenvalue weighted by Gasteiger charge is -2.07. The second kappa shape index (κ2) is 6.68. The van der Waals surface area contributed by atoms with Crippen molar-refractivity contribution in [1.82, 2.24) is 9.38 Å². The quantitative estimate of drug-likeness (QED) is 0.464. The molecule has 4 nitrogen and oxygen atoms in total. The van der Waals surface area contributed by atoms with Crippen molar-refractivity contribution in [3.8, 4) is 11.3 Å². The predicted molar refractivity (Wildman–Crippen MR) is 108 cm³/mol. The smallest absolute Gasteiger partial charge is 0.256 e. The van der Waals surface area contributed by atoms with Crippen molar-refractivity contribution < 1.29 is 4.79 Å². The molecule has 0 saturated carbocycles.